The lowest BCUT2D eigenvalue weighted by atomic mass is 10.1. The van der Waals surface area contributed by atoms with Crippen molar-refractivity contribution in [1.29, 1.82) is 0 Å². The number of hydrogen-bond acceptors (Lipinski definition) is 6. The molecule has 1 aromatic carbocycles. The lowest BCUT2D eigenvalue weighted by Gasteiger charge is -2.20. The topological polar surface area (TPSA) is 85.9 Å². The molecule has 0 spiro atoms. The monoisotopic (exact) mass is 316 g/mol. The van der Waals surface area contributed by atoms with Gasteiger partial charge in [-0.15, -0.1) is 0 Å². The fourth-order valence-electron chi connectivity index (χ4n) is 2.24. The van der Waals surface area contributed by atoms with Gasteiger partial charge in [-0.1, -0.05) is 18.2 Å². The van der Waals surface area contributed by atoms with Gasteiger partial charge in [-0.25, -0.2) is 0 Å². The van der Waals surface area contributed by atoms with Crippen LogP contribution in [0.5, 0.6) is 0 Å². The van der Waals surface area contributed by atoms with Crippen LogP contribution in [0.1, 0.15) is 25.5 Å². The Morgan fingerprint density at radius 2 is 1.90 bits per heavy atom. The second-order valence-electron chi connectivity index (χ2n) is 5.05. The number of rotatable bonds is 5. The van der Waals surface area contributed by atoms with Gasteiger partial charge in [-0.3, -0.25) is 4.18 Å². The van der Waals surface area contributed by atoms with Gasteiger partial charge in [-0.2, -0.15) is 13.1 Å². The van der Waals surface area contributed by atoms with E-state index in [0.717, 1.165) is 18.4 Å². The van der Waals surface area contributed by atoms with Crippen molar-refractivity contribution >= 4 is 16.0 Å². The zero-order valence-corrected chi connectivity index (χ0v) is 13.2. The number of ether oxygens (including phenoxy) is 2. The quantitative estimate of drug-likeness (QED) is 0.853. The number of benzene rings is 1. The average molecular weight is 316 g/mol. The first-order chi connectivity index (χ1) is 9.78. The molecule has 118 valence electrons. The number of para-hydroxylation sites is 1. The highest BCUT2D eigenvalue weighted by Gasteiger charge is 2.44. The molecule has 7 nitrogen and oxygen atoms in total. The summed E-state index contributed by atoms with van der Waals surface area (Å²) < 4.78 is 41.4. The first-order valence-corrected chi connectivity index (χ1v) is 7.89. The third-order valence-electron chi connectivity index (χ3n) is 3.11. The molecule has 1 aliphatic heterocycles. The van der Waals surface area contributed by atoms with Gasteiger partial charge in [0.2, 0.25) is 0 Å². The molecule has 0 amide bonds. The van der Waals surface area contributed by atoms with E-state index in [4.69, 9.17) is 9.47 Å². The van der Waals surface area contributed by atoms with Crippen LogP contribution in [0.25, 0.3) is 0 Å². The van der Waals surface area contributed by atoms with Crippen molar-refractivity contribution in [2.24, 2.45) is 0 Å². The van der Waals surface area contributed by atoms with E-state index >= 15 is 0 Å². The highest BCUT2D eigenvalue weighted by atomic mass is 32.2. The molecule has 2 atom stereocenters. The van der Waals surface area contributed by atoms with Gasteiger partial charge >= 0.3 is 10.3 Å². The second-order valence-corrected chi connectivity index (χ2v) is 6.53. The first-order valence-electron chi connectivity index (χ1n) is 6.48. The Morgan fingerprint density at radius 3 is 2.52 bits per heavy atom. The van der Waals surface area contributed by atoms with Crippen LogP contribution in [0.3, 0.4) is 0 Å². The van der Waals surface area contributed by atoms with E-state index in [-0.39, 0.29) is 0 Å². The Hall–Kier alpha value is -1.19. The van der Waals surface area contributed by atoms with Gasteiger partial charge in [-0.05, 0) is 19.9 Å². The van der Waals surface area contributed by atoms with Crippen LogP contribution in [-0.4, -0.2) is 34.6 Å². The van der Waals surface area contributed by atoms with Gasteiger partial charge in [0.25, 0.3) is 0 Å². The zero-order chi connectivity index (χ0) is 15.7. The smallest absolute Gasteiger partial charge is 0.337 e. The maximum absolute atomic E-state index is 11.6. The summed E-state index contributed by atoms with van der Waals surface area (Å²) in [6.07, 6.45) is -1.46. The summed E-state index contributed by atoms with van der Waals surface area (Å²) in [5.41, 5.74) is 1.64. The van der Waals surface area contributed by atoms with E-state index < -0.39 is 28.4 Å². The minimum absolute atomic E-state index is 0.589. The minimum Gasteiger partial charge on any atom is -0.388 e. The molecule has 21 heavy (non-hydrogen) atoms. The van der Waals surface area contributed by atoms with Gasteiger partial charge in [0.15, 0.2) is 12.0 Å². The number of hydrogen-bond donors (Lipinski definition) is 2. The van der Waals surface area contributed by atoms with Crippen molar-refractivity contribution in [2.75, 3.05) is 19.5 Å². The maximum Gasteiger partial charge on any atom is 0.337 e. The molecule has 1 aliphatic rings. The molecule has 0 aromatic heterocycles. The van der Waals surface area contributed by atoms with Crippen LogP contribution in [0, 0.1) is 0 Å². The Balaban J connectivity index is 2.35. The summed E-state index contributed by atoms with van der Waals surface area (Å²) in [6.45, 7) is 3.45. The van der Waals surface area contributed by atoms with E-state index in [1.54, 1.807) is 20.9 Å². The molecule has 2 N–H and O–H groups in total. The van der Waals surface area contributed by atoms with Crippen molar-refractivity contribution in [1.82, 2.24) is 4.72 Å². The maximum atomic E-state index is 11.6. The van der Waals surface area contributed by atoms with Crippen LogP contribution in [0.15, 0.2) is 24.3 Å². The minimum atomic E-state index is -3.89. The molecule has 8 heteroatoms. The van der Waals surface area contributed by atoms with Crippen LogP contribution in [-0.2, 0) is 24.0 Å². The van der Waals surface area contributed by atoms with Crippen molar-refractivity contribution in [2.45, 2.75) is 32.0 Å². The van der Waals surface area contributed by atoms with Gasteiger partial charge < -0.3 is 14.8 Å². The number of nitrogens with one attached hydrogen (secondary N) is 2. The van der Waals surface area contributed by atoms with Crippen molar-refractivity contribution in [3.05, 3.63) is 29.8 Å². The summed E-state index contributed by atoms with van der Waals surface area (Å²) in [6, 6.07) is 7.47. The fourth-order valence-corrected chi connectivity index (χ4v) is 2.79. The molecule has 1 fully saturated rings. The fraction of sp³-hybridized carbons (Fsp3) is 0.538. The molecular weight excluding hydrogens is 296 g/mol. The van der Waals surface area contributed by atoms with Crippen LogP contribution < -0.4 is 10.0 Å². The van der Waals surface area contributed by atoms with E-state index in [1.807, 2.05) is 24.3 Å². The van der Waals surface area contributed by atoms with Gasteiger partial charge in [0.05, 0.1) is 7.11 Å². The lowest BCUT2D eigenvalue weighted by Crippen LogP contribution is -2.39. The molecule has 0 radical (unpaired) electrons. The molecule has 1 aromatic rings. The van der Waals surface area contributed by atoms with Crippen LogP contribution in [0.2, 0.25) is 0 Å². The first kappa shape index (κ1) is 16.2. The Kier molecular flexibility index (Phi) is 4.54. The standard InChI is InChI=1S/C13H20N2O5S/c1-13(2)19-11(9-7-5-6-8-10(9)14-3)12(20-13)15-21(16,17)18-4/h5-8,11-12,14-15H,1-4H3. The largest absolute Gasteiger partial charge is 0.388 e. The normalized spacial score (nSPS) is 25.0. The highest BCUT2D eigenvalue weighted by Crippen LogP contribution is 2.39. The molecule has 0 bridgehead atoms. The number of anilines is 1. The third-order valence-corrected chi connectivity index (χ3v) is 4.07. The Labute approximate surface area is 124 Å². The Bertz CT molecular complexity index is 602. The highest BCUT2D eigenvalue weighted by molar-refractivity contribution is 7.84. The van der Waals surface area contributed by atoms with Gasteiger partial charge in [0.1, 0.15) is 6.10 Å². The molecule has 0 aliphatic carbocycles. The van der Waals surface area contributed by atoms with Crippen LogP contribution >= 0.6 is 0 Å². The summed E-state index contributed by atoms with van der Waals surface area (Å²) in [4.78, 5) is 0. The molecule has 1 saturated heterocycles. The predicted molar refractivity (Wildman–Crippen MR) is 77.8 cm³/mol. The predicted octanol–water partition coefficient (Wildman–Crippen LogP) is 1.36. The average Bonchev–Trinajstić information content (AvgIpc) is 2.72. The second kappa shape index (κ2) is 5.90. The van der Waals surface area contributed by atoms with E-state index in [2.05, 4.69) is 14.2 Å². The molecule has 2 unspecified atom stereocenters. The lowest BCUT2D eigenvalue weighted by molar-refractivity contribution is -0.147. The SMILES string of the molecule is CNc1ccccc1C1OC(C)(C)OC1NS(=O)(=O)OC. The van der Waals surface area contributed by atoms with E-state index in [1.165, 1.54) is 0 Å². The summed E-state index contributed by atoms with van der Waals surface area (Å²) in [5, 5.41) is 3.05. The third kappa shape index (κ3) is 3.72. The van der Waals surface area contributed by atoms with Crippen molar-refractivity contribution < 1.29 is 22.1 Å². The summed E-state index contributed by atoms with van der Waals surface area (Å²) >= 11 is 0. The van der Waals surface area contributed by atoms with E-state index in [9.17, 15) is 8.42 Å². The molecule has 1 heterocycles. The molecule has 0 saturated carbocycles. The summed E-state index contributed by atoms with van der Waals surface area (Å²) in [7, 11) is -1.02. The van der Waals surface area contributed by atoms with Crippen molar-refractivity contribution in [3.8, 4) is 0 Å². The Morgan fingerprint density at radius 1 is 1.24 bits per heavy atom. The van der Waals surface area contributed by atoms with Gasteiger partial charge in [0, 0.05) is 18.3 Å². The van der Waals surface area contributed by atoms with Crippen LogP contribution in [0.4, 0.5) is 5.69 Å². The summed E-state index contributed by atoms with van der Waals surface area (Å²) in [5.74, 6) is -0.910. The molecule has 2 rings (SSSR count). The van der Waals surface area contributed by atoms with Crippen molar-refractivity contribution in [3.63, 3.8) is 0 Å². The van der Waals surface area contributed by atoms with E-state index in [0.29, 0.717) is 0 Å². The molecular formula is C13H20N2O5S. The zero-order valence-electron chi connectivity index (χ0n) is 12.4.